The topological polar surface area (TPSA) is 80.7 Å². The highest BCUT2D eigenvalue weighted by Crippen LogP contribution is 2.38. The molecule has 0 N–H and O–H groups in total. The molecule has 12 heteroatoms. The number of hydrogen-bond donors (Lipinski definition) is 0. The summed E-state index contributed by atoms with van der Waals surface area (Å²) in [5.41, 5.74) is 0.861. The van der Waals surface area contributed by atoms with Crippen LogP contribution < -0.4 is 14.4 Å². The lowest BCUT2D eigenvalue weighted by Crippen LogP contribution is -2.33. The molecule has 31 heavy (non-hydrogen) atoms. The predicted molar refractivity (Wildman–Crippen MR) is 104 cm³/mol. The van der Waals surface area contributed by atoms with E-state index in [2.05, 4.69) is 15.0 Å². The summed E-state index contributed by atoms with van der Waals surface area (Å²) in [6.45, 7) is 1.57. The number of pyridine rings is 1. The molecular formula is C19H19ClF3N5O3. The molecule has 2 aliphatic heterocycles. The number of aromatic nitrogens is 3. The number of halogens is 4. The highest BCUT2D eigenvalue weighted by atomic mass is 35.5. The van der Waals surface area contributed by atoms with Gasteiger partial charge in [-0.1, -0.05) is 0 Å². The fourth-order valence-corrected chi connectivity index (χ4v) is 3.91. The Morgan fingerprint density at radius 3 is 2.71 bits per heavy atom. The van der Waals surface area contributed by atoms with Gasteiger partial charge in [0.05, 0.1) is 43.3 Å². The van der Waals surface area contributed by atoms with Crippen LogP contribution in [0.15, 0.2) is 18.6 Å². The zero-order valence-corrected chi connectivity index (χ0v) is 17.3. The van der Waals surface area contributed by atoms with Crippen molar-refractivity contribution in [1.29, 1.82) is 0 Å². The maximum atomic E-state index is 13.4. The van der Waals surface area contributed by atoms with Gasteiger partial charge in [0.15, 0.2) is 0 Å². The highest BCUT2D eigenvalue weighted by Gasteiger charge is 2.36. The summed E-state index contributed by atoms with van der Waals surface area (Å²) < 4.78 is 50.9. The summed E-state index contributed by atoms with van der Waals surface area (Å²) in [7, 11) is 1.15. The Bertz CT molecular complexity index is 991. The van der Waals surface area contributed by atoms with Gasteiger partial charge in [0.2, 0.25) is 11.8 Å². The van der Waals surface area contributed by atoms with Crippen LogP contribution in [-0.2, 0) is 19.1 Å². The van der Waals surface area contributed by atoms with Crippen LogP contribution in [0.1, 0.15) is 23.2 Å². The van der Waals surface area contributed by atoms with E-state index in [1.807, 2.05) is 0 Å². The van der Waals surface area contributed by atoms with Gasteiger partial charge in [-0.3, -0.25) is 4.79 Å². The number of fused-ring (bicyclic) bond motifs is 1. The Kier molecular flexibility index (Phi) is 5.78. The number of hydrogen-bond acceptors (Lipinski definition) is 7. The second kappa shape index (κ2) is 8.37. The lowest BCUT2D eigenvalue weighted by molar-refractivity contribution is -0.139. The van der Waals surface area contributed by atoms with Gasteiger partial charge < -0.3 is 19.3 Å². The van der Waals surface area contributed by atoms with E-state index in [-0.39, 0.29) is 12.6 Å². The molecule has 2 aromatic heterocycles. The number of carbonyl (C=O) groups excluding carboxylic acids is 1. The van der Waals surface area contributed by atoms with Crippen molar-refractivity contribution in [2.75, 3.05) is 31.6 Å². The molecule has 0 saturated carbocycles. The molecule has 2 aromatic rings. The minimum absolute atomic E-state index is 0.266. The van der Waals surface area contributed by atoms with E-state index in [1.165, 1.54) is 17.4 Å². The number of ether oxygens (including phenoxy) is 2. The van der Waals surface area contributed by atoms with Crippen molar-refractivity contribution in [3.63, 3.8) is 0 Å². The Morgan fingerprint density at radius 1 is 1.23 bits per heavy atom. The van der Waals surface area contributed by atoms with Crippen LogP contribution >= 0.6 is 11.6 Å². The van der Waals surface area contributed by atoms with Crippen LogP contribution in [0.5, 0.6) is 11.8 Å². The average Bonchev–Trinajstić information content (AvgIpc) is 3.21. The first-order valence-corrected chi connectivity index (χ1v) is 9.94. The fourth-order valence-electron chi connectivity index (χ4n) is 3.76. The lowest BCUT2D eigenvalue weighted by Gasteiger charge is -2.31. The molecule has 4 rings (SSSR count). The van der Waals surface area contributed by atoms with Crippen molar-refractivity contribution >= 4 is 22.7 Å². The van der Waals surface area contributed by atoms with Gasteiger partial charge in [0.1, 0.15) is 18.0 Å². The van der Waals surface area contributed by atoms with E-state index < -0.39 is 23.0 Å². The monoisotopic (exact) mass is 457 g/mol. The molecule has 0 bridgehead atoms. The van der Waals surface area contributed by atoms with Crippen LogP contribution in [0.25, 0.3) is 0 Å². The van der Waals surface area contributed by atoms with Crippen LogP contribution in [0, 0.1) is 0 Å². The third-order valence-electron chi connectivity index (χ3n) is 5.34. The zero-order valence-electron chi connectivity index (χ0n) is 16.5. The molecule has 2 aliphatic rings. The van der Waals surface area contributed by atoms with Crippen molar-refractivity contribution in [2.45, 2.75) is 31.7 Å². The largest absolute Gasteiger partial charge is 0.481 e. The van der Waals surface area contributed by atoms with Crippen molar-refractivity contribution in [2.24, 2.45) is 0 Å². The molecular weight excluding hydrogens is 439 g/mol. The molecule has 1 atom stereocenters. The summed E-state index contributed by atoms with van der Waals surface area (Å²) in [5, 5.41) is -0.533. The molecule has 0 aliphatic carbocycles. The van der Waals surface area contributed by atoms with Gasteiger partial charge in [0.25, 0.3) is 0 Å². The van der Waals surface area contributed by atoms with Crippen LogP contribution in [0.2, 0.25) is 0 Å². The lowest BCUT2D eigenvalue weighted by atomic mass is 10.1. The molecule has 0 radical (unpaired) electrons. The third kappa shape index (κ3) is 4.46. The number of alkyl halides is 3. The number of nitrogens with zero attached hydrogens (tertiary/aromatic N) is 5. The molecule has 1 unspecified atom stereocenters. The van der Waals surface area contributed by atoms with Crippen molar-refractivity contribution in [3.8, 4) is 11.8 Å². The zero-order chi connectivity index (χ0) is 22.2. The Morgan fingerprint density at radius 2 is 2.03 bits per heavy atom. The molecule has 4 heterocycles. The summed E-state index contributed by atoms with van der Waals surface area (Å²) in [6.07, 6.45) is -0.981. The predicted octanol–water partition coefficient (Wildman–Crippen LogP) is 3.27. The standard InChI is InChI=1S/C19H19ClF3N5O3/c1-30-17-14(19(21,22)23)6-11(7-24-17)27-5-3-15-13(9-27)16(26-10-25-15)31-12-2-4-28(8-12)18(20)29/h6-7,10,12H,2-5,8-9H2,1H3. The van der Waals surface area contributed by atoms with E-state index in [1.54, 1.807) is 4.90 Å². The summed E-state index contributed by atoms with van der Waals surface area (Å²) in [6, 6.07) is 1.03. The molecule has 0 spiro atoms. The van der Waals surface area contributed by atoms with E-state index in [0.29, 0.717) is 49.6 Å². The Balaban J connectivity index is 1.57. The van der Waals surface area contributed by atoms with Crippen molar-refractivity contribution < 1.29 is 27.4 Å². The second-order valence-electron chi connectivity index (χ2n) is 7.25. The normalized spacial score (nSPS) is 18.7. The van der Waals surface area contributed by atoms with Crippen LogP contribution in [0.4, 0.5) is 23.7 Å². The van der Waals surface area contributed by atoms with Gasteiger partial charge in [0, 0.05) is 25.9 Å². The molecule has 1 amide bonds. The Hall–Kier alpha value is -2.82. The van der Waals surface area contributed by atoms with Crippen molar-refractivity contribution in [1.82, 2.24) is 19.9 Å². The van der Waals surface area contributed by atoms with Gasteiger partial charge in [-0.15, -0.1) is 0 Å². The Labute approximate surface area is 180 Å². The fraction of sp³-hybridized carbons (Fsp3) is 0.474. The van der Waals surface area contributed by atoms with Crippen molar-refractivity contribution in [3.05, 3.63) is 35.4 Å². The SMILES string of the molecule is COc1ncc(N2CCc3ncnc(OC4CCN(C(=O)Cl)C4)c3C2)cc1C(F)(F)F. The number of methoxy groups -OCH3 is 1. The molecule has 1 saturated heterocycles. The van der Waals surface area contributed by atoms with E-state index in [0.717, 1.165) is 18.9 Å². The maximum Gasteiger partial charge on any atom is 0.421 e. The molecule has 0 aromatic carbocycles. The minimum atomic E-state index is -4.59. The first-order valence-electron chi connectivity index (χ1n) is 9.56. The van der Waals surface area contributed by atoms with Gasteiger partial charge in [-0.05, 0) is 17.7 Å². The maximum absolute atomic E-state index is 13.4. The smallest absolute Gasteiger partial charge is 0.421 e. The summed E-state index contributed by atoms with van der Waals surface area (Å²) >= 11 is 5.53. The number of amides is 1. The summed E-state index contributed by atoms with van der Waals surface area (Å²) in [5.74, 6) is -0.110. The molecule has 1 fully saturated rings. The van der Waals surface area contributed by atoms with E-state index in [9.17, 15) is 18.0 Å². The number of rotatable bonds is 4. The number of anilines is 1. The number of likely N-dealkylation sites (tertiary alicyclic amines) is 1. The second-order valence-corrected chi connectivity index (χ2v) is 7.57. The number of carbonyl (C=O) groups is 1. The first-order chi connectivity index (χ1) is 14.8. The van der Waals surface area contributed by atoms with Crippen LogP contribution in [0.3, 0.4) is 0 Å². The van der Waals surface area contributed by atoms with Crippen LogP contribution in [-0.4, -0.2) is 58.1 Å². The van der Waals surface area contributed by atoms with E-state index in [4.69, 9.17) is 21.1 Å². The average molecular weight is 458 g/mol. The van der Waals surface area contributed by atoms with Gasteiger partial charge in [-0.2, -0.15) is 13.2 Å². The van der Waals surface area contributed by atoms with E-state index >= 15 is 0 Å². The third-order valence-corrected chi connectivity index (χ3v) is 5.57. The summed E-state index contributed by atoms with van der Waals surface area (Å²) in [4.78, 5) is 26.9. The quantitative estimate of drug-likeness (QED) is 0.515. The molecule has 8 nitrogen and oxygen atoms in total. The minimum Gasteiger partial charge on any atom is -0.481 e. The van der Waals surface area contributed by atoms with Gasteiger partial charge in [-0.25, -0.2) is 15.0 Å². The first kappa shape index (κ1) is 21.4. The van der Waals surface area contributed by atoms with Gasteiger partial charge >= 0.3 is 11.5 Å². The molecule has 166 valence electrons. The highest BCUT2D eigenvalue weighted by molar-refractivity contribution is 6.62.